The summed E-state index contributed by atoms with van der Waals surface area (Å²) in [4.78, 5) is 24.7. The number of aryl methyl sites for hydroxylation is 2. The van der Waals surface area contributed by atoms with Gasteiger partial charge in [-0.25, -0.2) is 4.79 Å². The number of nitrogens with zero attached hydrogens (tertiary/aromatic N) is 3. The molecule has 0 fully saturated rings. The Labute approximate surface area is 193 Å². The largest absolute Gasteiger partial charge is 0.333 e. The van der Waals surface area contributed by atoms with Gasteiger partial charge in [-0.1, -0.05) is 48.2 Å². The molecule has 1 unspecified atom stereocenters. The van der Waals surface area contributed by atoms with E-state index in [1.54, 1.807) is 6.92 Å². The maximum Gasteiger partial charge on any atom is 0.321 e. The number of carbonyl (C=O) groups is 2. The summed E-state index contributed by atoms with van der Waals surface area (Å²) in [5.41, 5.74) is 3.74. The van der Waals surface area contributed by atoms with E-state index in [1.807, 2.05) is 61.7 Å². The smallest absolute Gasteiger partial charge is 0.321 e. The zero-order chi connectivity index (χ0) is 23.5. The van der Waals surface area contributed by atoms with Crippen molar-refractivity contribution in [1.29, 1.82) is 0 Å². The van der Waals surface area contributed by atoms with Crippen molar-refractivity contribution in [2.24, 2.45) is 0 Å². The molecule has 32 heavy (non-hydrogen) atoms. The molecule has 7 nitrogen and oxygen atoms in total. The van der Waals surface area contributed by atoms with Crippen LogP contribution in [0.5, 0.6) is 0 Å². The van der Waals surface area contributed by atoms with Crippen molar-refractivity contribution < 1.29 is 9.59 Å². The summed E-state index contributed by atoms with van der Waals surface area (Å²) in [7, 11) is 0. The van der Waals surface area contributed by atoms with Crippen LogP contribution in [0.1, 0.15) is 38.8 Å². The molecular weight excluding hydrogens is 422 g/mol. The first-order valence-electron chi connectivity index (χ1n) is 10.4. The number of aromatic nitrogens is 3. The van der Waals surface area contributed by atoms with Crippen LogP contribution in [0.3, 0.4) is 0 Å². The van der Waals surface area contributed by atoms with Gasteiger partial charge in [-0.3, -0.25) is 14.7 Å². The summed E-state index contributed by atoms with van der Waals surface area (Å²) in [5.74, 6) is 0.294. The summed E-state index contributed by atoms with van der Waals surface area (Å²) < 4.78 is 1.95. The van der Waals surface area contributed by atoms with Crippen molar-refractivity contribution in [3.05, 3.63) is 59.7 Å². The maximum atomic E-state index is 12.6. The first-order valence-corrected chi connectivity index (χ1v) is 11.3. The standard InChI is InChI=1S/C24H29N5O2S/c1-15-12-13-19(14-16(15)2)29-20(18-10-8-7-9-11-18)27-28-23(29)32-17(3)21(30)25-22(31)26-24(4,5)6/h7-14,17H,1-6H3,(H2,25,26,30,31). The molecule has 8 heteroatoms. The van der Waals surface area contributed by atoms with E-state index in [9.17, 15) is 9.59 Å². The minimum Gasteiger partial charge on any atom is -0.333 e. The monoisotopic (exact) mass is 451 g/mol. The Morgan fingerprint density at radius 2 is 1.69 bits per heavy atom. The Bertz CT molecular complexity index is 1120. The van der Waals surface area contributed by atoms with Crippen molar-refractivity contribution in [3.8, 4) is 17.1 Å². The second kappa shape index (κ2) is 9.56. The van der Waals surface area contributed by atoms with E-state index in [0.29, 0.717) is 11.0 Å². The van der Waals surface area contributed by atoms with Crippen molar-refractivity contribution >= 4 is 23.7 Å². The van der Waals surface area contributed by atoms with Gasteiger partial charge < -0.3 is 5.32 Å². The molecule has 2 aromatic carbocycles. The third kappa shape index (κ3) is 5.76. The predicted molar refractivity (Wildman–Crippen MR) is 128 cm³/mol. The van der Waals surface area contributed by atoms with Crippen molar-refractivity contribution in [2.75, 3.05) is 0 Å². The summed E-state index contributed by atoms with van der Waals surface area (Å²) >= 11 is 1.26. The zero-order valence-electron chi connectivity index (χ0n) is 19.3. The highest BCUT2D eigenvalue weighted by Crippen LogP contribution is 2.30. The number of carbonyl (C=O) groups excluding carboxylic acids is 2. The topological polar surface area (TPSA) is 88.9 Å². The SMILES string of the molecule is Cc1ccc(-n2c(SC(C)C(=O)NC(=O)NC(C)(C)C)nnc2-c2ccccc2)cc1C. The Morgan fingerprint density at radius 1 is 1.00 bits per heavy atom. The third-order valence-corrected chi connectivity index (χ3v) is 5.83. The minimum absolute atomic E-state index is 0.396. The lowest BCUT2D eigenvalue weighted by atomic mass is 10.1. The molecule has 0 aliphatic rings. The molecule has 3 aromatic rings. The number of hydrogen-bond donors (Lipinski definition) is 2. The highest BCUT2D eigenvalue weighted by molar-refractivity contribution is 8.00. The maximum absolute atomic E-state index is 12.6. The molecule has 0 saturated carbocycles. The fourth-order valence-electron chi connectivity index (χ4n) is 3.01. The van der Waals surface area contributed by atoms with Gasteiger partial charge in [0.1, 0.15) is 0 Å². The van der Waals surface area contributed by atoms with Crippen molar-refractivity contribution in [3.63, 3.8) is 0 Å². The number of urea groups is 1. The Balaban J connectivity index is 1.91. The number of rotatable bonds is 5. The molecule has 0 radical (unpaired) electrons. The van der Waals surface area contributed by atoms with E-state index in [0.717, 1.165) is 16.8 Å². The molecule has 0 aliphatic carbocycles. The van der Waals surface area contributed by atoms with Crippen LogP contribution in [0.2, 0.25) is 0 Å². The quantitative estimate of drug-likeness (QED) is 0.551. The predicted octanol–water partition coefficient (Wildman–Crippen LogP) is 4.66. The molecule has 0 bridgehead atoms. The van der Waals surface area contributed by atoms with Crippen LogP contribution >= 0.6 is 11.8 Å². The number of thioether (sulfide) groups is 1. The van der Waals surface area contributed by atoms with Crippen LogP contribution in [-0.4, -0.2) is 37.5 Å². The molecule has 1 atom stereocenters. The molecule has 3 rings (SSSR count). The number of nitrogens with one attached hydrogen (secondary N) is 2. The van der Waals surface area contributed by atoms with Gasteiger partial charge in [-0.05, 0) is 64.8 Å². The third-order valence-electron chi connectivity index (χ3n) is 4.79. The lowest BCUT2D eigenvalue weighted by molar-refractivity contribution is -0.119. The average Bonchev–Trinajstić information content (AvgIpc) is 3.12. The van der Waals surface area contributed by atoms with Crippen LogP contribution in [0, 0.1) is 13.8 Å². The van der Waals surface area contributed by atoms with Crippen LogP contribution in [0.15, 0.2) is 53.7 Å². The second-order valence-corrected chi connectivity index (χ2v) is 10.0. The number of amides is 3. The Hall–Kier alpha value is -3.13. The van der Waals surface area contributed by atoms with Gasteiger partial charge in [-0.2, -0.15) is 0 Å². The number of benzene rings is 2. The highest BCUT2D eigenvalue weighted by atomic mass is 32.2. The number of hydrogen-bond acceptors (Lipinski definition) is 5. The van der Waals surface area contributed by atoms with Gasteiger partial charge in [0.05, 0.1) is 10.9 Å². The molecule has 1 aromatic heterocycles. The zero-order valence-corrected chi connectivity index (χ0v) is 20.1. The van der Waals surface area contributed by atoms with E-state index in [1.165, 1.54) is 17.3 Å². The summed E-state index contributed by atoms with van der Waals surface area (Å²) in [6.07, 6.45) is 0. The van der Waals surface area contributed by atoms with E-state index in [-0.39, 0.29) is 0 Å². The van der Waals surface area contributed by atoms with Gasteiger partial charge >= 0.3 is 6.03 Å². The molecule has 0 saturated heterocycles. The lowest BCUT2D eigenvalue weighted by Crippen LogP contribution is -2.49. The summed E-state index contributed by atoms with van der Waals surface area (Å²) in [6, 6.07) is 15.4. The summed E-state index contributed by atoms with van der Waals surface area (Å²) in [5, 5.41) is 13.9. The Kier molecular flexibility index (Phi) is 7.03. The molecule has 0 spiro atoms. The van der Waals surface area contributed by atoms with Crippen LogP contribution < -0.4 is 10.6 Å². The van der Waals surface area contributed by atoms with Gasteiger partial charge in [0, 0.05) is 11.1 Å². The van der Waals surface area contributed by atoms with Gasteiger partial charge in [-0.15, -0.1) is 10.2 Å². The fourth-order valence-corrected chi connectivity index (χ4v) is 3.88. The minimum atomic E-state index is -0.557. The fraction of sp³-hybridized carbons (Fsp3) is 0.333. The summed E-state index contributed by atoms with van der Waals surface area (Å²) in [6.45, 7) is 11.4. The average molecular weight is 452 g/mol. The highest BCUT2D eigenvalue weighted by Gasteiger charge is 2.24. The van der Waals surface area contributed by atoms with Crippen molar-refractivity contribution in [2.45, 2.75) is 57.5 Å². The first-order chi connectivity index (χ1) is 15.0. The Morgan fingerprint density at radius 3 is 2.31 bits per heavy atom. The van der Waals surface area contributed by atoms with E-state index < -0.39 is 22.7 Å². The van der Waals surface area contributed by atoms with Gasteiger partial charge in [0.25, 0.3) is 0 Å². The van der Waals surface area contributed by atoms with E-state index in [2.05, 4.69) is 46.8 Å². The van der Waals surface area contributed by atoms with Gasteiger partial charge in [0.15, 0.2) is 11.0 Å². The molecule has 1 heterocycles. The van der Waals surface area contributed by atoms with E-state index >= 15 is 0 Å². The molecule has 168 valence electrons. The van der Waals surface area contributed by atoms with Crippen LogP contribution in [0.4, 0.5) is 4.79 Å². The van der Waals surface area contributed by atoms with Gasteiger partial charge in [0.2, 0.25) is 5.91 Å². The number of imide groups is 1. The molecule has 2 N–H and O–H groups in total. The second-order valence-electron chi connectivity index (χ2n) is 8.73. The molecule has 0 aliphatic heterocycles. The van der Waals surface area contributed by atoms with Crippen molar-refractivity contribution in [1.82, 2.24) is 25.4 Å². The van der Waals surface area contributed by atoms with Crippen LogP contribution in [0.25, 0.3) is 17.1 Å². The molecular formula is C24H29N5O2S. The lowest BCUT2D eigenvalue weighted by Gasteiger charge is -2.21. The van der Waals surface area contributed by atoms with Crippen LogP contribution in [-0.2, 0) is 4.79 Å². The first kappa shape index (κ1) is 23.5. The normalized spacial score (nSPS) is 12.3. The molecule has 3 amide bonds. The van der Waals surface area contributed by atoms with E-state index in [4.69, 9.17) is 0 Å².